The summed E-state index contributed by atoms with van der Waals surface area (Å²) in [6.07, 6.45) is 9.31. The molecule has 0 amide bonds. The van der Waals surface area contributed by atoms with Gasteiger partial charge >= 0.3 is 0 Å². The van der Waals surface area contributed by atoms with Crippen molar-refractivity contribution < 1.29 is 0 Å². The van der Waals surface area contributed by atoms with Gasteiger partial charge in [-0.2, -0.15) is 0 Å². The average molecular weight is 607 g/mol. The van der Waals surface area contributed by atoms with Crippen LogP contribution in [0.4, 0.5) is 0 Å². The van der Waals surface area contributed by atoms with E-state index in [0.717, 1.165) is 0 Å². The summed E-state index contributed by atoms with van der Waals surface area (Å²) in [5, 5.41) is 7.66. The van der Waals surface area contributed by atoms with Crippen LogP contribution in [0, 0.1) is 6.92 Å². The van der Waals surface area contributed by atoms with Crippen LogP contribution in [0.3, 0.4) is 0 Å². The molecular formula is C47H42. The lowest BCUT2D eigenvalue weighted by Gasteiger charge is -2.20. The average Bonchev–Trinajstić information content (AvgIpc) is 3.12. The van der Waals surface area contributed by atoms with E-state index in [0.29, 0.717) is 0 Å². The standard InChI is InChI=1S/C40H30.C4H6.C3H6/c1-3-13-28-24-25-30(26-27(28)2)32-17-6-7-18-33(32)39-35-19-8-10-21-37(35)40(38-22-11-9-20-36(38)39)34-23-12-15-29-14-4-5-16-31(29)34;1-3-4-2;1-3-2/h3-26H,1-2H3;3-4H,1-2H2;3H,1H2,2H3/b13-3-;;. The van der Waals surface area contributed by atoms with Crippen LogP contribution in [0.5, 0.6) is 0 Å². The highest BCUT2D eigenvalue weighted by Crippen LogP contribution is 2.47. The molecule has 0 aromatic heterocycles. The summed E-state index contributed by atoms with van der Waals surface area (Å²) in [6, 6.07) is 48.9. The van der Waals surface area contributed by atoms with Crippen LogP contribution in [-0.2, 0) is 0 Å². The van der Waals surface area contributed by atoms with Crippen LogP contribution in [0.25, 0.3) is 71.8 Å². The summed E-state index contributed by atoms with van der Waals surface area (Å²) in [7, 11) is 0. The Hall–Kier alpha value is -5.72. The van der Waals surface area contributed by atoms with E-state index in [9.17, 15) is 0 Å². The molecule has 0 unspecified atom stereocenters. The molecular weight excluding hydrogens is 565 g/mol. The molecule has 7 aromatic carbocycles. The van der Waals surface area contributed by atoms with E-state index in [1.807, 2.05) is 6.92 Å². The number of hydrogen-bond acceptors (Lipinski definition) is 0. The van der Waals surface area contributed by atoms with Gasteiger partial charge in [-0.1, -0.05) is 177 Å². The zero-order valence-corrected chi connectivity index (χ0v) is 27.7. The van der Waals surface area contributed by atoms with Gasteiger partial charge in [-0.15, -0.1) is 6.58 Å². The van der Waals surface area contributed by atoms with Gasteiger partial charge in [0.2, 0.25) is 0 Å². The third kappa shape index (κ3) is 6.78. The van der Waals surface area contributed by atoms with E-state index in [4.69, 9.17) is 0 Å². The number of fused-ring (bicyclic) bond motifs is 3. The van der Waals surface area contributed by atoms with E-state index in [2.05, 4.69) is 179 Å². The Kier molecular flexibility index (Phi) is 10.8. The Morgan fingerprint density at radius 2 is 0.915 bits per heavy atom. The lowest BCUT2D eigenvalue weighted by atomic mass is 9.83. The van der Waals surface area contributed by atoms with Crippen LogP contribution in [-0.4, -0.2) is 0 Å². The Bertz CT molecular complexity index is 2160. The second kappa shape index (κ2) is 15.5. The van der Waals surface area contributed by atoms with Gasteiger partial charge in [0.25, 0.3) is 0 Å². The fourth-order valence-electron chi connectivity index (χ4n) is 6.31. The molecule has 0 fully saturated rings. The Morgan fingerprint density at radius 1 is 0.468 bits per heavy atom. The maximum Gasteiger partial charge on any atom is -0.00201 e. The molecule has 0 bridgehead atoms. The lowest BCUT2D eigenvalue weighted by molar-refractivity contribution is 1.44. The van der Waals surface area contributed by atoms with Gasteiger partial charge < -0.3 is 0 Å². The molecule has 0 N–H and O–H groups in total. The summed E-state index contributed by atoms with van der Waals surface area (Å²) in [6.45, 7) is 16.2. The van der Waals surface area contributed by atoms with Gasteiger partial charge in [-0.25, -0.2) is 0 Å². The maximum absolute atomic E-state index is 3.36. The number of allylic oxidation sites excluding steroid dienone is 4. The molecule has 7 rings (SSSR count). The van der Waals surface area contributed by atoms with Crippen molar-refractivity contribution in [1.29, 1.82) is 0 Å². The smallest absolute Gasteiger partial charge is 0.00201 e. The summed E-state index contributed by atoms with van der Waals surface area (Å²) in [5.41, 5.74) is 10.2. The predicted octanol–water partition coefficient (Wildman–Crippen LogP) is 14.0. The van der Waals surface area contributed by atoms with Crippen LogP contribution < -0.4 is 0 Å². The molecule has 0 saturated heterocycles. The van der Waals surface area contributed by atoms with Gasteiger partial charge in [0.1, 0.15) is 0 Å². The molecule has 0 atom stereocenters. The molecule has 0 heteroatoms. The van der Waals surface area contributed by atoms with Crippen molar-refractivity contribution >= 4 is 38.4 Å². The Morgan fingerprint density at radius 3 is 1.45 bits per heavy atom. The summed E-state index contributed by atoms with van der Waals surface area (Å²) < 4.78 is 0. The minimum absolute atomic E-state index is 1.24. The molecule has 0 heterocycles. The van der Waals surface area contributed by atoms with Crippen molar-refractivity contribution in [3.8, 4) is 33.4 Å². The first-order valence-corrected chi connectivity index (χ1v) is 16.1. The quantitative estimate of drug-likeness (QED) is 0.104. The highest BCUT2D eigenvalue weighted by molar-refractivity contribution is 6.24. The SMILES string of the molecule is C/C=C\c1ccc(-c2ccccc2-c2c3ccccc3c(-c3cccc4ccccc34)c3ccccc23)cc1C.C=CC.C=CC=C. The van der Waals surface area contributed by atoms with Gasteiger partial charge in [0, 0.05) is 0 Å². The van der Waals surface area contributed by atoms with Crippen LogP contribution in [0.15, 0.2) is 178 Å². The van der Waals surface area contributed by atoms with Crippen molar-refractivity contribution in [2.75, 3.05) is 0 Å². The Labute approximate surface area is 280 Å². The minimum atomic E-state index is 1.24. The first kappa shape index (κ1) is 32.7. The fraction of sp³-hybridized carbons (Fsp3) is 0.0638. The van der Waals surface area contributed by atoms with Crippen molar-refractivity contribution in [3.05, 3.63) is 189 Å². The summed E-state index contributed by atoms with van der Waals surface area (Å²) >= 11 is 0. The number of rotatable bonds is 5. The van der Waals surface area contributed by atoms with Gasteiger partial charge in [-0.05, 0) is 97.6 Å². The largest absolute Gasteiger partial charge is 0.103 e. The first-order valence-electron chi connectivity index (χ1n) is 16.1. The minimum Gasteiger partial charge on any atom is -0.103 e. The van der Waals surface area contributed by atoms with Gasteiger partial charge in [0.05, 0.1) is 0 Å². The zero-order chi connectivity index (χ0) is 33.2. The van der Waals surface area contributed by atoms with E-state index >= 15 is 0 Å². The molecule has 0 saturated carbocycles. The lowest BCUT2D eigenvalue weighted by Crippen LogP contribution is -1.93. The van der Waals surface area contributed by atoms with Crippen molar-refractivity contribution in [2.45, 2.75) is 20.8 Å². The van der Waals surface area contributed by atoms with E-state index < -0.39 is 0 Å². The zero-order valence-electron chi connectivity index (χ0n) is 27.7. The van der Waals surface area contributed by atoms with E-state index in [1.54, 1.807) is 18.2 Å². The van der Waals surface area contributed by atoms with E-state index in [1.165, 1.54) is 76.8 Å². The van der Waals surface area contributed by atoms with Crippen LogP contribution in [0.2, 0.25) is 0 Å². The molecule has 7 aromatic rings. The highest BCUT2D eigenvalue weighted by Gasteiger charge is 2.19. The molecule has 0 aliphatic heterocycles. The van der Waals surface area contributed by atoms with Crippen LogP contribution >= 0.6 is 0 Å². The van der Waals surface area contributed by atoms with Crippen LogP contribution in [0.1, 0.15) is 25.0 Å². The summed E-state index contributed by atoms with van der Waals surface area (Å²) in [4.78, 5) is 0. The van der Waals surface area contributed by atoms with Crippen molar-refractivity contribution in [2.24, 2.45) is 0 Å². The molecule has 0 spiro atoms. The molecule has 47 heavy (non-hydrogen) atoms. The van der Waals surface area contributed by atoms with Gasteiger partial charge in [0.15, 0.2) is 0 Å². The summed E-state index contributed by atoms with van der Waals surface area (Å²) in [5.74, 6) is 0. The molecule has 0 aliphatic carbocycles. The topological polar surface area (TPSA) is 0 Å². The molecule has 0 radical (unpaired) electrons. The highest BCUT2D eigenvalue weighted by atomic mass is 14.2. The van der Waals surface area contributed by atoms with Crippen molar-refractivity contribution in [1.82, 2.24) is 0 Å². The molecule has 0 aliphatic rings. The maximum atomic E-state index is 3.36. The van der Waals surface area contributed by atoms with Crippen molar-refractivity contribution in [3.63, 3.8) is 0 Å². The number of aryl methyl sites for hydroxylation is 1. The normalized spacial score (nSPS) is 10.6. The van der Waals surface area contributed by atoms with Gasteiger partial charge in [-0.3, -0.25) is 0 Å². The monoisotopic (exact) mass is 606 g/mol. The molecule has 0 nitrogen and oxygen atoms in total. The molecule has 230 valence electrons. The second-order valence-electron chi connectivity index (χ2n) is 11.4. The second-order valence-corrected chi connectivity index (χ2v) is 11.4. The number of benzene rings is 7. The third-order valence-corrected chi connectivity index (χ3v) is 8.28. The van der Waals surface area contributed by atoms with E-state index in [-0.39, 0.29) is 0 Å². The predicted molar refractivity (Wildman–Crippen MR) is 211 cm³/mol. The first-order chi connectivity index (χ1) is 23.1. The Balaban J connectivity index is 0.000000568. The third-order valence-electron chi connectivity index (χ3n) is 8.28. The fourth-order valence-corrected chi connectivity index (χ4v) is 6.31. The number of hydrogen-bond donors (Lipinski definition) is 0.